The van der Waals surface area contributed by atoms with Gasteiger partial charge in [0.15, 0.2) is 11.4 Å². The molecule has 0 heterocycles. The van der Waals surface area contributed by atoms with Crippen LogP contribution in [-0.2, 0) is 14.4 Å². The summed E-state index contributed by atoms with van der Waals surface area (Å²) < 4.78 is 0. The van der Waals surface area contributed by atoms with Crippen molar-refractivity contribution < 1.29 is 34.8 Å². The van der Waals surface area contributed by atoms with E-state index in [9.17, 15) is 34.8 Å². The highest BCUT2D eigenvalue weighted by atomic mass is 16.3. The molecule has 1 aromatic carbocycles. The van der Waals surface area contributed by atoms with Crippen molar-refractivity contribution in [1.29, 1.82) is 0 Å². The number of aliphatic hydroxyl groups is 3. The number of carbonyl (C=O) groups excluding carboxylic acids is 3. The van der Waals surface area contributed by atoms with Gasteiger partial charge >= 0.3 is 0 Å². The maximum Gasteiger partial charge on any atom is 0.255 e. The fraction of sp³-hybridized carbons (Fsp3) is 0.458. The molecule has 10 nitrogen and oxygen atoms in total. The van der Waals surface area contributed by atoms with Gasteiger partial charge in [0.05, 0.1) is 17.3 Å². The zero-order chi connectivity index (χ0) is 25.3. The predicted octanol–water partition coefficient (Wildman–Crippen LogP) is 0.957. The molecule has 1 saturated carbocycles. The van der Waals surface area contributed by atoms with Crippen molar-refractivity contribution in [2.75, 3.05) is 26.0 Å². The Bertz CT molecular complexity index is 1190. The molecule has 1 aromatic rings. The minimum Gasteiger partial charge on any atom is -0.508 e. The molecule has 10 heteroatoms. The molecule has 5 atom stereocenters. The highest BCUT2D eigenvalue weighted by Gasteiger charge is 2.64. The summed E-state index contributed by atoms with van der Waals surface area (Å²) in [6.45, 7) is 4.18. The zero-order valence-electron chi connectivity index (χ0n) is 19.4. The van der Waals surface area contributed by atoms with E-state index < -0.39 is 58.0 Å². The predicted molar refractivity (Wildman–Crippen MR) is 123 cm³/mol. The molecular weight excluding hydrogens is 442 g/mol. The van der Waals surface area contributed by atoms with Crippen LogP contribution >= 0.6 is 0 Å². The summed E-state index contributed by atoms with van der Waals surface area (Å²) in [4.78, 5) is 40.4. The monoisotopic (exact) mass is 471 g/mol. The van der Waals surface area contributed by atoms with Gasteiger partial charge in [0, 0.05) is 18.0 Å². The Balaban J connectivity index is 1.99. The molecule has 0 bridgehead atoms. The average Bonchev–Trinajstić information content (AvgIpc) is 2.75. The summed E-state index contributed by atoms with van der Waals surface area (Å²) in [5.74, 6) is -6.95. The van der Waals surface area contributed by atoms with Gasteiger partial charge in [-0.2, -0.15) is 0 Å². The number of anilines is 1. The number of nitrogens with zero attached hydrogens (tertiary/aromatic N) is 1. The van der Waals surface area contributed by atoms with Crippen LogP contribution < -0.4 is 11.1 Å². The van der Waals surface area contributed by atoms with Crippen LogP contribution in [0.4, 0.5) is 5.69 Å². The Morgan fingerprint density at radius 1 is 1.24 bits per heavy atom. The molecule has 3 aliphatic rings. The number of amides is 1. The number of phenolic OH excluding ortho intramolecular Hbond substituents is 1. The summed E-state index contributed by atoms with van der Waals surface area (Å²) in [6, 6.07) is 2.34. The molecule has 0 saturated heterocycles. The van der Waals surface area contributed by atoms with Gasteiger partial charge in [0.1, 0.15) is 22.8 Å². The van der Waals surface area contributed by atoms with E-state index in [0.29, 0.717) is 17.8 Å². The van der Waals surface area contributed by atoms with Crippen molar-refractivity contribution in [1.82, 2.24) is 4.90 Å². The van der Waals surface area contributed by atoms with Crippen LogP contribution in [0.5, 0.6) is 5.75 Å². The quantitative estimate of drug-likeness (QED) is 0.276. The van der Waals surface area contributed by atoms with E-state index in [-0.39, 0.29) is 29.2 Å². The van der Waals surface area contributed by atoms with Crippen LogP contribution in [0.25, 0.3) is 5.76 Å². The number of rotatable bonds is 4. The van der Waals surface area contributed by atoms with Crippen molar-refractivity contribution in [3.8, 4) is 5.75 Å². The lowest BCUT2D eigenvalue weighted by atomic mass is 9.55. The van der Waals surface area contributed by atoms with Crippen molar-refractivity contribution in [2.24, 2.45) is 17.6 Å². The normalized spacial score (nSPS) is 30.8. The third-order valence-electron chi connectivity index (χ3n) is 7.47. The van der Waals surface area contributed by atoms with Gasteiger partial charge in [-0.15, -0.1) is 0 Å². The smallest absolute Gasteiger partial charge is 0.255 e. The number of hydrogen-bond acceptors (Lipinski definition) is 9. The number of nitrogens with two attached hydrogens (primary N) is 1. The van der Waals surface area contributed by atoms with Gasteiger partial charge in [0.2, 0.25) is 5.78 Å². The molecule has 0 spiro atoms. The second-order valence-corrected chi connectivity index (χ2v) is 9.41. The van der Waals surface area contributed by atoms with E-state index in [1.54, 1.807) is 26.2 Å². The number of Topliss-reactive ketones (excluding diaryl/α,β-unsaturated/α-hetero) is 2. The van der Waals surface area contributed by atoms with Crippen molar-refractivity contribution in [2.45, 2.75) is 37.8 Å². The first-order chi connectivity index (χ1) is 15.9. The number of primary amides is 1. The minimum absolute atomic E-state index is 0.0582. The molecule has 0 radical (unpaired) electrons. The van der Waals surface area contributed by atoms with E-state index in [1.807, 2.05) is 13.8 Å². The fourth-order valence-electron chi connectivity index (χ4n) is 5.87. The number of fused-ring (bicyclic) bond motifs is 3. The van der Waals surface area contributed by atoms with Gasteiger partial charge in [-0.3, -0.25) is 19.3 Å². The van der Waals surface area contributed by atoms with Crippen LogP contribution in [0, 0.1) is 11.8 Å². The van der Waals surface area contributed by atoms with Gasteiger partial charge in [0.25, 0.3) is 5.91 Å². The molecule has 34 heavy (non-hydrogen) atoms. The largest absolute Gasteiger partial charge is 0.508 e. The van der Waals surface area contributed by atoms with Crippen molar-refractivity contribution in [3.63, 3.8) is 0 Å². The molecule has 4 rings (SSSR count). The number of carbonyl (C=O) groups is 3. The first kappa shape index (κ1) is 23.8. The van der Waals surface area contributed by atoms with E-state index in [4.69, 9.17) is 5.73 Å². The summed E-state index contributed by atoms with van der Waals surface area (Å²) in [5.41, 5.74) is 2.75. The van der Waals surface area contributed by atoms with Gasteiger partial charge in [-0.1, -0.05) is 13.0 Å². The van der Waals surface area contributed by atoms with E-state index in [1.165, 1.54) is 4.90 Å². The van der Waals surface area contributed by atoms with E-state index in [0.717, 1.165) is 0 Å². The van der Waals surface area contributed by atoms with Gasteiger partial charge in [-0.25, -0.2) is 0 Å². The number of nitrogens with one attached hydrogen (secondary N) is 1. The summed E-state index contributed by atoms with van der Waals surface area (Å²) in [7, 11) is 3.13. The third-order valence-corrected chi connectivity index (χ3v) is 7.47. The number of phenols is 1. The topological polar surface area (TPSA) is 173 Å². The van der Waals surface area contributed by atoms with Crippen molar-refractivity contribution in [3.05, 3.63) is 40.2 Å². The standard InChI is InChI=1S/C24H29N3O7/c1-5-26-13-7-6-10-9(2)11-8-12-17(27(3)4)20(30)16(23(25)33)22(32)24(12,34)21(31)15(11)19(29)14(10)18(13)28/h6-7,9,11-12,17,26,28-29,32,34H,5,8H2,1-4H3,(H2,25,33)/t9?,11-,12+,17+,24+/m1/s1. The lowest BCUT2D eigenvalue weighted by Gasteiger charge is -2.51. The highest BCUT2D eigenvalue weighted by molar-refractivity contribution is 6.24. The molecule has 3 aliphatic carbocycles. The average molecular weight is 472 g/mol. The van der Waals surface area contributed by atoms with Crippen LogP contribution in [0.1, 0.15) is 37.3 Å². The van der Waals surface area contributed by atoms with Crippen molar-refractivity contribution >= 4 is 28.9 Å². The number of benzene rings is 1. The maximum absolute atomic E-state index is 13.8. The van der Waals surface area contributed by atoms with Crippen LogP contribution in [-0.4, -0.2) is 75.1 Å². The molecule has 1 amide bonds. The van der Waals surface area contributed by atoms with E-state index in [2.05, 4.69) is 5.32 Å². The first-order valence-electron chi connectivity index (χ1n) is 11.1. The number of aromatic hydroxyl groups is 1. The third kappa shape index (κ3) is 2.91. The van der Waals surface area contributed by atoms with Crippen LogP contribution in [0.3, 0.4) is 0 Å². The van der Waals surface area contributed by atoms with Crippen LogP contribution in [0.2, 0.25) is 0 Å². The maximum atomic E-state index is 13.8. The molecule has 1 unspecified atom stereocenters. The number of ketones is 2. The Morgan fingerprint density at radius 3 is 2.44 bits per heavy atom. The SMILES string of the molecule is CCNc1ccc2c(c1O)C(O)=C1C(=O)[C@]3(O)C(O)=C(C(N)=O)C(=O)[C@@H](N(C)C)[C@@H]3C[C@@H]1C2C. The summed E-state index contributed by atoms with van der Waals surface area (Å²) in [6.07, 6.45) is 0.0582. The summed E-state index contributed by atoms with van der Waals surface area (Å²) in [5, 5.41) is 47.5. The van der Waals surface area contributed by atoms with Gasteiger partial charge in [-0.05, 0) is 50.9 Å². The molecule has 7 N–H and O–H groups in total. The summed E-state index contributed by atoms with van der Waals surface area (Å²) >= 11 is 0. The van der Waals surface area contributed by atoms with Gasteiger partial charge < -0.3 is 31.5 Å². The Labute approximate surface area is 196 Å². The van der Waals surface area contributed by atoms with Crippen LogP contribution in [0.15, 0.2) is 29.0 Å². The number of likely N-dealkylation sites (N-methyl/N-ethyl adjacent to an activating group) is 1. The lowest BCUT2D eigenvalue weighted by Crippen LogP contribution is -2.65. The highest BCUT2D eigenvalue weighted by Crippen LogP contribution is 2.56. The Hall–Kier alpha value is -3.37. The Morgan fingerprint density at radius 2 is 1.88 bits per heavy atom. The molecule has 0 aliphatic heterocycles. The second kappa shape index (κ2) is 7.85. The molecule has 0 aromatic heterocycles. The lowest BCUT2D eigenvalue weighted by molar-refractivity contribution is -0.154. The van der Waals surface area contributed by atoms with E-state index >= 15 is 0 Å². The Kier molecular flexibility index (Phi) is 5.49. The fourth-order valence-corrected chi connectivity index (χ4v) is 5.87. The minimum atomic E-state index is -2.64. The first-order valence-corrected chi connectivity index (χ1v) is 11.1. The molecule has 182 valence electrons. The number of hydrogen-bond donors (Lipinski definition) is 6. The molecular formula is C24H29N3O7. The zero-order valence-corrected chi connectivity index (χ0v) is 19.4. The molecule has 1 fully saturated rings. The second-order valence-electron chi connectivity index (χ2n) is 9.41. The number of aliphatic hydroxyl groups excluding tert-OH is 2.